The summed E-state index contributed by atoms with van der Waals surface area (Å²) in [6.07, 6.45) is 0.727. The SMILES string of the molecule is COc1cc(CC(C)N)cc(Br)c1OCC(N)=O. The number of ether oxygens (including phenoxy) is 2. The van der Waals surface area contributed by atoms with Gasteiger partial charge in [0.2, 0.25) is 0 Å². The molecule has 0 aliphatic carbocycles. The molecule has 1 aromatic rings. The zero-order valence-electron chi connectivity index (χ0n) is 10.4. The maximum absolute atomic E-state index is 10.7. The molecule has 1 aromatic carbocycles. The summed E-state index contributed by atoms with van der Waals surface area (Å²) >= 11 is 3.38. The van der Waals surface area contributed by atoms with E-state index in [0.717, 1.165) is 12.0 Å². The van der Waals surface area contributed by atoms with Crippen molar-refractivity contribution >= 4 is 21.8 Å². The van der Waals surface area contributed by atoms with Crippen molar-refractivity contribution in [2.45, 2.75) is 19.4 Å². The molecule has 0 spiro atoms. The van der Waals surface area contributed by atoms with Gasteiger partial charge in [0.1, 0.15) is 0 Å². The summed E-state index contributed by atoms with van der Waals surface area (Å²) in [5.74, 6) is 0.467. The van der Waals surface area contributed by atoms with Crippen LogP contribution in [0.2, 0.25) is 0 Å². The van der Waals surface area contributed by atoms with Crippen LogP contribution >= 0.6 is 15.9 Å². The molecule has 18 heavy (non-hydrogen) atoms. The molecule has 1 unspecified atom stereocenters. The minimum atomic E-state index is -0.538. The predicted molar refractivity (Wildman–Crippen MR) is 72.7 cm³/mol. The van der Waals surface area contributed by atoms with Crippen molar-refractivity contribution in [1.82, 2.24) is 0 Å². The molecule has 5 nitrogen and oxygen atoms in total. The Balaban J connectivity index is 3.00. The van der Waals surface area contributed by atoms with E-state index in [4.69, 9.17) is 20.9 Å². The zero-order valence-corrected chi connectivity index (χ0v) is 12.0. The van der Waals surface area contributed by atoms with Gasteiger partial charge in [-0.3, -0.25) is 4.79 Å². The number of halogens is 1. The largest absolute Gasteiger partial charge is 0.493 e. The van der Waals surface area contributed by atoms with E-state index in [1.165, 1.54) is 7.11 Å². The second-order valence-corrected chi connectivity index (χ2v) is 4.90. The van der Waals surface area contributed by atoms with E-state index in [1.807, 2.05) is 19.1 Å². The Kier molecular flexibility index (Phi) is 5.43. The topological polar surface area (TPSA) is 87.6 Å². The molecule has 0 bridgehead atoms. The van der Waals surface area contributed by atoms with Gasteiger partial charge in [0.25, 0.3) is 5.91 Å². The summed E-state index contributed by atoms with van der Waals surface area (Å²) in [6, 6.07) is 3.78. The van der Waals surface area contributed by atoms with Crippen LogP contribution < -0.4 is 20.9 Å². The zero-order chi connectivity index (χ0) is 13.7. The van der Waals surface area contributed by atoms with Crippen LogP contribution in [0.25, 0.3) is 0 Å². The lowest BCUT2D eigenvalue weighted by atomic mass is 10.1. The van der Waals surface area contributed by atoms with E-state index < -0.39 is 5.91 Å². The van der Waals surface area contributed by atoms with Gasteiger partial charge in [0, 0.05) is 6.04 Å². The van der Waals surface area contributed by atoms with Gasteiger partial charge in [-0.2, -0.15) is 0 Å². The number of primary amides is 1. The number of hydrogen-bond donors (Lipinski definition) is 2. The van der Waals surface area contributed by atoms with E-state index in [2.05, 4.69) is 15.9 Å². The molecule has 1 rings (SSSR count). The second kappa shape index (κ2) is 6.61. The molecule has 0 saturated heterocycles. The average Bonchev–Trinajstić information content (AvgIpc) is 2.25. The van der Waals surface area contributed by atoms with Crippen LogP contribution in [0.3, 0.4) is 0 Å². The highest BCUT2D eigenvalue weighted by Gasteiger charge is 2.13. The molecule has 0 fully saturated rings. The van der Waals surface area contributed by atoms with Crippen LogP contribution in [0.15, 0.2) is 16.6 Å². The lowest BCUT2D eigenvalue weighted by Crippen LogP contribution is -2.20. The molecule has 1 amide bonds. The highest BCUT2D eigenvalue weighted by Crippen LogP contribution is 2.36. The third-order valence-corrected chi connectivity index (χ3v) is 2.79. The number of nitrogens with two attached hydrogens (primary N) is 2. The lowest BCUT2D eigenvalue weighted by molar-refractivity contribution is -0.119. The first-order valence-electron chi connectivity index (χ1n) is 5.47. The van der Waals surface area contributed by atoms with Gasteiger partial charge in [-0.25, -0.2) is 0 Å². The monoisotopic (exact) mass is 316 g/mol. The predicted octanol–water partition coefficient (Wildman–Crippen LogP) is 1.21. The molecule has 0 heterocycles. The quantitative estimate of drug-likeness (QED) is 0.825. The summed E-state index contributed by atoms with van der Waals surface area (Å²) in [5.41, 5.74) is 11.8. The van der Waals surface area contributed by atoms with Crippen molar-refractivity contribution in [3.8, 4) is 11.5 Å². The Morgan fingerprint density at radius 1 is 1.50 bits per heavy atom. The van der Waals surface area contributed by atoms with Crippen LogP contribution in [0, 0.1) is 0 Å². The average molecular weight is 317 g/mol. The summed E-state index contributed by atoms with van der Waals surface area (Å²) < 4.78 is 11.2. The molecule has 4 N–H and O–H groups in total. The second-order valence-electron chi connectivity index (χ2n) is 4.05. The van der Waals surface area contributed by atoms with Crippen LogP contribution in [0.5, 0.6) is 11.5 Å². The number of benzene rings is 1. The lowest BCUT2D eigenvalue weighted by Gasteiger charge is -2.14. The molecule has 0 aromatic heterocycles. The van der Waals surface area contributed by atoms with Crippen LogP contribution in [0.1, 0.15) is 12.5 Å². The molecule has 0 radical (unpaired) electrons. The first-order valence-corrected chi connectivity index (χ1v) is 6.26. The van der Waals surface area contributed by atoms with Crippen molar-refractivity contribution in [2.24, 2.45) is 11.5 Å². The molecule has 1 atom stereocenters. The van der Waals surface area contributed by atoms with Gasteiger partial charge < -0.3 is 20.9 Å². The van der Waals surface area contributed by atoms with Crippen molar-refractivity contribution < 1.29 is 14.3 Å². The molecular formula is C12H17BrN2O3. The van der Waals surface area contributed by atoms with Gasteiger partial charge in [-0.1, -0.05) is 0 Å². The highest BCUT2D eigenvalue weighted by molar-refractivity contribution is 9.10. The normalized spacial score (nSPS) is 12.0. The van der Waals surface area contributed by atoms with E-state index in [0.29, 0.717) is 16.0 Å². The Morgan fingerprint density at radius 2 is 2.17 bits per heavy atom. The smallest absolute Gasteiger partial charge is 0.255 e. The molecule has 100 valence electrons. The maximum Gasteiger partial charge on any atom is 0.255 e. The number of amides is 1. The van der Waals surface area contributed by atoms with E-state index in [-0.39, 0.29) is 12.6 Å². The number of hydrogen-bond acceptors (Lipinski definition) is 4. The van der Waals surface area contributed by atoms with Crippen molar-refractivity contribution in [3.63, 3.8) is 0 Å². The first-order chi connectivity index (χ1) is 8.43. The van der Waals surface area contributed by atoms with Gasteiger partial charge in [0.15, 0.2) is 18.1 Å². The van der Waals surface area contributed by atoms with Crippen LogP contribution in [-0.4, -0.2) is 25.7 Å². The Labute approximate surface area is 115 Å². The first kappa shape index (κ1) is 14.8. The summed E-state index contributed by atoms with van der Waals surface area (Å²) in [7, 11) is 1.54. The fourth-order valence-corrected chi connectivity index (χ4v) is 2.15. The number of rotatable bonds is 6. The molecule has 0 aliphatic heterocycles. The summed E-state index contributed by atoms with van der Waals surface area (Å²) in [5, 5.41) is 0. The number of methoxy groups -OCH3 is 1. The van der Waals surface area contributed by atoms with Gasteiger partial charge in [-0.15, -0.1) is 0 Å². The van der Waals surface area contributed by atoms with Crippen LogP contribution in [0.4, 0.5) is 0 Å². The summed E-state index contributed by atoms with van der Waals surface area (Å²) in [6.45, 7) is 1.74. The van der Waals surface area contributed by atoms with Crippen molar-refractivity contribution in [3.05, 3.63) is 22.2 Å². The molecule has 0 saturated carbocycles. The highest BCUT2D eigenvalue weighted by atomic mass is 79.9. The fourth-order valence-electron chi connectivity index (χ4n) is 1.55. The minimum Gasteiger partial charge on any atom is -0.493 e. The number of carbonyl (C=O) groups excluding carboxylic acids is 1. The van der Waals surface area contributed by atoms with E-state index in [1.54, 1.807) is 0 Å². The Morgan fingerprint density at radius 3 is 2.67 bits per heavy atom. The third-order valence-electron chi connectivity index (χ3n) is 2.21. The minimum absolute atomic E-state index is 0.0546. The van der Waals surface area contributed by atoms with Gasteiger partial charge in [-0.05, 0) is 47.0 Å². The standard InChI is InChI=1S/C12H17BrN2O3/c1-7(14)3-8-4-9(13)12(10(5-8)17-2)18-6-11(15)16/h4-5,7H,3,6,14H2,1-2H3,(H2,15,16). The van der Waals surface area contributed by atoms with Crippen LogP contribution in [-0.2, 0) is 11.2 Å². The summed E-state index contributed by atoms with van der Waals surface area (Å²) in [4.78, 5) is 10.7. The van der Waals surface area contributed by atoms with Crippen molar-refractivity contribution in [2.75, 3.05) is 13.7 Å². The number of carbonyl (C=O) groups is 1. The molecular weight excluding hydrogens is 300 g/mol. The third kappa shape index (κ3) is 4.19. The van der Waals surface area contributed by atoms with Crippen molar-refractivity contribution in [1.29, 1.82) is 0 Å². The maximum atomic E-state index is 10.7. The Hall–Kier alpha value is -1.27. The molecule has 0 aliphatic rings. The van der Waals surface area contributed by atoms with E-state index >= 15 is 0 Å². The molecule has 6 heteroatoms. The van der Waals surface area contributed by atoms with Gasteiger partial charge >= 0.3 is 0 Å². The van der Waals surface area contributed by atoms with Gasteiger partial charge in [0.05, 0.1) is 11.6 Å². The fraction of sp³-hybridized carbons (Fsp3) is 0.417. The van der Waals surface area contributed by atoms with E-state index in [9.17, 15) is 4.79 Å². The Bertz CT molecular complexity index is 436.